The lowest BCUT2D eigenvalue weighted by Crippen LogP contribution is -2.30. The summed E-state index contributed by atoms with van der Waals surface area (Å²) < 4.78 is 0. The lowest BCUT2D eigenvalue weighted by molar-refractivity contribution is 0.393. The molecule has 3 atom stereocenters. The van der Waals surface area contributed by atoms with E-state index in [1.54, 1.807) is 0 Å². The van der Waals surface area contributed by atoms with Crippen LogP contribution < -0.4 is 5.73 Å². The molecule has 1 aliphatic carbocycles. The van der Waals surface area contributed by atoms with Gasteiger partial charge in [0.15, 0.2) is 0 Å². The van der Waals surface area contributed by atoms with Crippen LogP contribution in [-0.2, 0) is 0 Å². The van der Waals surface area contributed by atoms with E-state index in [9.17, 15) is 0 Å². The molecule has 1 aliphatic rings. The Balaban J connectivity index is 2.17. The van der Waals surface area contributed by atoms with Crippen LogP contribution in [0.1, 0.15) is 46.5 Å². The highest BCUT2D eigenvalue weighted by Crippen LogP contribution is 2.32. The zero-order valence-electron chi connectivity index (χ0n) is 9.83. The highest BCUT2D eigenvalue weighted by molar-refractivity contribution is 7.99. The quantitative estimate of drug-likeness (QED) is 0.779. The van der Waals surface area contributed by atoms with E-state index in [1.165, 1.54) is 25.7 Å². The number of rotatable bonds is 4. The standard InChI is InChI=1S/C12H25NS/c1-9(2)12(13)8-14-11-6-4-5-10(3)7-11/h9-12H,4-8,13H2,1-3H3. The van der Waals surface area contributed by atoms with Gasteiger partial charge in [0.1, 0.15) is 0 Å². The van der Waals surface area contributed by atoms with Crippen molar-refractivity contribution < 1.29 is 0 Å². The van der Waals surface area contributed by atoms with Gasteiger partial charge in [0.05, 0.1) is 0 Å². The minimum absolute atomic E-state index is 0.386. The fourth-order valence-corrected chi connectivity index (χ4v) is 3.65. The van der Waals surface area contributed by atoms with E-state index in [0.717, 1.165) is 16.9 Å². The lowest BCUT2D eigenvalue weighted by atomic mass is 9.91. The first-order chi connectivity index (χ1) is 6.59. The second-order valence-corrected chi connectivity index (χ2v) is 6.47. The van der Waals surface area contributed by atoms with Gasteiger partial charge < -0.3 is 5.73 Å². The summed E-state index contributed by atoms with van der Waals surface area (Å²) in [6.45, 7) is 6.82. The first-order valence-corrected chi connectivity index (χ1v) is 7.01. The molecular weight excluding hydrogens is 190 g/mol. The minimum Gasteiger partial charge on any atom is -0.327 e. The molecule has 0 aromatic carbocycles. The van der Waals surface area contributed by atoms with Crippen molar-refractivity contribution in [2.24, 2.45) is 17.6 Å². The van der Waals surface area contributed by atoms with Crippen molar-refractivity contribution in [3.8, 4) is 0 Å². The van der Waals surface area contributed by atoms with Crippen LogP contribution in [0.3, 0.4) is 0 Å². The van der Waals surface area contributed by atoms with Gasteiger partial charge in [-0.2, -0.15) is 11.8 Å². The van der Waals surface area contributed by atoms with Gasteiger partial charge in [-0.15, -0.1) is 0 Å². The van der Waals surface area contributed by atoms with Crippen LogP contribution in [0, 0.1) is 11.8 Å². The van der Waals surface area contributed by atoms with E-state index in [0.29, 0.717) is 12.0 Å². The highest BCUT2D eigenvalue weighted by Gasteiger charge is 2.20. The van der Waals surface area contributed by atoms with Crippen molar-refractivity contribution in [2.75, 3.05) is 5.75 Å². The molecule has 0 bridgehead atoms. The molecule has 14 heavy (non-hydrogen) atoms. The van der Waals surface area contributed by atoms with E-state index in [1.807, 2.05) is 0 Å². The topological polar surface area (TPSA) is 26.0 Å². The van der Waals surface area contributed by atoms with Crippen molar-refractivity contribution in [2.45, 2.75) is 57.7 Å². The van der Waals surface area contributed by atoms with Crippen molar-refractivity contribution in [1.29, 1.82) is 0 Å². The number of hydrogen-bond acceptors (Lipinski definition) is 2. The first-order valence-electron chi connectivity index (χ1n) is 5.96. The predicted molar refractivity (Wildman–Crippen MR) is 66.7 cm³/mol. The van der Waals surface area contributed by atoms with Gasteiger partial charge in [-0.1, -0.05) is 33.6 Å². The molecule has 2 heteroatoms. The van der Waals surface area contributed by atoms with E-state index < -0.39 is 0 Å². The van der Waals surface area contributed by atoms with Crippen molar-refractivity contribution in [3.05, 3.63) is 0 Å². The van der Waals surface area contributed by atoms with Crippen LogP contribution in [0.2, 0.25) is 0 Å². The van der Waals surface area contributed by atoms with Gasteiger partial charge in [0, 0.05) is 17.0 Å². The van der Waals surface area contributed by atoms with Crippen LogP contribution in [0.5, 0.6) is 0 Å². The van der Waals surface area contributed by atoms with Crippen molar-refractivity contribution in [1.82, 2.24) is 0 Å². The maximum Gasteiger partial charge on any atom is 0.0153 e. The highest BCUT2D eigenvalue weighted by atomic mass is 32.2. The second-order valence-electron chi connectivity index (χ2n) is 5.13. The van der Waals surface area contributed by atoms with Crippen LogP contribution in [0.15, 0.2) is 0 Å². The van der Waals surface area contributed by atoms with Gasteiger partial charge in [-0.05, 0) is 24.7 Å². The minimum atomic E-state index is 0.386. The van der Waals surface area contributed by atoms with Crippen molar-refractivity contribution in [3.63, 3.8) is 0 Å². The Hall–Kier alpha value is 0.310. The maximum absolute atomic E-state index is 6.05. The second kappa shape index (κ2) is 6.02. The summed E-state index contributed by atoms with van der Waals surface area (Å²) in [5.41, 5.74) is 6.05. The van der Waals surface area contributed by atoms with E-state index in [-0.39, 0.29) is 0 Å². The SMILES string of the molecule is CC1CCCC(SCC(N)C(C)C)C1. The average molecular weight is 215 g/mol. The number of hydrogen-bond donors (Lipinski definition) is 1. The number of nitrogens with two attached hydrogens (primary N) is 1. The molecule has 0 radical (unpaired) electrons. The molecular formula is C12H25NS. The molecule has 0 aromatic heterocycles. The maximum atomic E-state index is 6.05. The van der Waals surface area contributed by atoms with Gasteiger partial charge in [-0.3, -0.25) is 0 Å². The Morgan fingerprint density at radius 1 is 1.36 bits per heavy atom. The normalized spacial score (nSPS) is 30.6. The van der Waals surface area contributed by atoms with Crippen LogP contribution in [-0.4, -0.2) is 17.0 Å². The first kappa shape index (κ1) is 12.4. The zero-order chi connectivity index (χ0) is 10.6. The van der Waals surface area contributed by atoms with Gasteiger partial charge in [0.2, 0.25) is 0 Å². The Kier molecular flexibility index (Phi) is 5.32. The fraction of sp³-hybridized carbons (Fsp3) is 1.00. The third kappa shape index (κ3) is 4.22. The van der Waals surface area contributed by atoms with E-state index in [4.69, 9.17) is 5.73 Å². The summed E-state index contributed by atoms with van der Waals surface area (Å²) in [6, 6.07) is 0.386. The molecule has 2 N–H and O–H groups in total. The van der Waals surface area contributed by atoms with Gasteiger partial charge in [-0.25, -0.2) is 0 Å². The lowest BCUT2D eigenvalue weighted by Gasteiger charge is -2.27. The monoisotopic (exact) mass is 215 g/mol. The fourth-order valence-electron chi connectivity index (χ4n) is 1.97. The van der Waals surface area contributed by atoms with Crippen LogP contribution >= 0.6 is 11.8 Å². The molecule has 1 rings (SSSR count). The summed E-state index contributed by atoms with van der Waals surface area (Å²) >= 11 is 2.11. The molecule has 1 fully saturated rings. The third-order valence-corrected chi connectivity index (χ3v) is 4.75. The van der Waals surface area contributed by atoms with E-state index >= 15 is 0 Å². The molecule has 3 unspecified atom stereocenters. The molecule has 0 amide bonds. The smallest absolute Gasteiger partial charge is 0.0153 e. The Morgan fingerprint density at radius 2 is 2.07 bits per heavy atom. The summed E-state index contributed by atoms with van der Waals surface area (Å²) in [5, 5.41) is 0.892. The molecule has 0 heterocycles. The predicted octanol–water partition coefficient (Wildman–Crippen LogP) is 3.28. The molecule has 1 saturated carbocycles. The average Bonchev–Trinajstić information content (AvgIpc) is 2.14. The van der Waals surface area contributed by atoms with Crippen LogP contribution in [0.4, 0.5) is 0 Å². The molecule has 0 aliphatic heterocycles. The summed E-state index contributed by atoms with van der Waals surface area (Å²) in [4.78, 5) is 0. The molecule has 0 saturated heterocycles. The molecule has 1 nitrogen and oxygen atoms in total. The van der Waals surface area contributed by atoms with E-state index in [2.05, 4.69) is 32.5 Å². The van der Waals surface area contributed by atoms with Gasteiger partial charge >= 0.3 is 0 Å². The molecule has 0 aromatic rings. The summed E-state index contributed by atoms with van der Waals surface area (Å²) in [6.07, 6.45) is 5.69. The Labute approximate surface area is 93.2 Å². The van der Waals surface area contributed by atoms with Crippen molar-refractivity contribution >= 4 is 11.8 Å². The Bertz CT molecular complexity index is 158. The van der Waals surface area contributed by atoms with Crippen LogP contribution in [0.25, 0.3) is 0 Å². The molecule has 84 valence electrons. The number of thioether (sulfide) groups is 1. The Morgan fingerprint density at radius 3 is 2.64 bits per heavy atom. The summed E-state index contributed by atoms with van der Waals surface area (Å²) in [5.74, 6) is 2.72. The zero-order valence-corrected chi connectivity index (χ0v) is 10.6. The largest absolute Gasteiger partial charge is 0.327 e. The molecule has 0 spiro atoms. The third-order valence-electron chi connectivity index (χ3n) is 3.27. The summed E-state index contributed by atoms with van der Waals surface area (Å²) in [7, 11) is 0. The van der Waals surface area contributed by atoms with Gasteiger partial charge in [0.25, 0.3) is 0 Å².